The third-order valence-corrected chi connectivity index (χ3v) is 5.03. The Morgan fingerprint density at radius 2 is 1.17 bits per heavy atom. The first-order chi connectivity index (χ1) is 14.5. The van der Waals surface area contributed by atoms with Crippen molar-refractivity contribution in [2.75, 3.05) is 13.2 Å². The van der Waals surface area contributed by atoms with Crippen LogP contribution in [-0.4, -0.2) is 13.2 Å². The number of halogens is 2. The maximum atomic E-state index is 13.5. The number of hydrogen-bond donors (Lipinski definition) is 1. The Morgan fingerprint density at radius 3 is 1.67 bits per heavy atom. The van der Waals surface area contributed by atoms with E-state index in [1.165, 1.54) is 24.3 Å². The Labute approximate surface area is 176 Å². The van der Waals surface area contributed by atoms with E-state index >= 15 is 0 Å². The van der Waals surface area contributed by atoms with Crippen molar-refractivity contribution in [2.45, 2.75) is 32.9 Å². The van der Waals surface area contributed by atoms with Crippen molar-refractivity contribution in [3.05, 3.63) is 95.1 Å². The van der Waals surface area contributed by atoms with Gasteiger partial charge < -0.3 is 14.8 Å². The van der Waals surface area contributed by atoms with Gasteiger partial charge >= 0.3 is 0 Å². The van der Waals surface area contributed by atoms with Crippen LogP contribution in [0.3, 0.4) is 0 Å². The standard InChI is InChI=1S/C25H27F2NO2/c1-4-29-23-15-10-20(16-24(23)30-5-2)17(3)28-25(18-6-11-21(26)12-7-18)19-8-13-22(27)14-9-19/h6-17,25,28H,4-5H2,1-3H3/p+1/t17-/m1/s1. The molecule has 0 radical (unpaired) electrons. The maximum Gasteiger partial charge on any atom is 0.161 e. The quantitative estimate of drug-likeness (QED) is 0.526. The predicted molar refractivity (Wildman–Crippen MR) is 114 cm³/mol. The van der Waals surface area contributed by atoms with Gasteiger partial charge in [-0.2, -0.15) is 0 Å². The van der Waals surface area contributed by atoms with Gasteiger partial charge in [0, 0.05) is 16.7 Å². The van der Waals surface area contributed by atoms with E-state index in [9.17, 15) is 8.78 Å². The number of hydrogen-bond acceptors (Lipinski definition) is 2. The van der Waals surface area contributed by atoms with Gasteiger partial charge in [-0.15, -0.1) is 0 Å². The van der Waals surface area contributed by atoms with E-state index in [1.807, 2.05) is 32.0 Å². The van der Waals surface area contributed by atoms with Crippen molar-refractivity contribution in [1.82, 2.24) is 0 Å². The summed E-state index contributed by atoms with van der Waals surface area (Å²) in [6.45, 7) is 7.10. The summed E-state index contributed by atoms with van der Waals surface area (Å²) in [7, 11) is 0. The lowest BCUT2D eigenvalue weighted by Gasteiger charge is -2.22. The first kappa shape index (κ1) is 21.8. The molecule has 0 saturated heterocycles. The van der Waals surface area contributed by atoms with Crippen molar-refractivity contribution in [1.29, 1.82) is 0 Å². The van der Waals surface area contributed by atoms with Crippen LogP contribution in [0.25, 0.3) is 0 Å². The van der Waals surface area contributed by atoms with Crippen LogP contribution in [0, 0.1) is 11.6 Å². The maximum absolute atomic E-state index is 13.5. The second kappa shape index (κ2) is 10.2. The highest BCUT2D eigenvalue weighted by Gasteiger charge is 2.23. The second-order valence-electron chi connectivity index (χ2n) is 7.13. The summed E-state index contributed by atoms with van der Waals surface area (Å²) in [6.07, 6.45) is 0. The molecule has 3 rings (SSSR count). The molecule has 0 unspecified atom stereocenters. The van der Waals surface area contributed by atoms with Gasteiger partial charge in [-0.1, -0.05) is 0 Å². The number of nitrogens with two attached hydrogens (primary N) is 1. The van der Waals surface area contributed by atoms with E-state index in [-0.39, 0.29) is 23.7 Å². The molecular weight excluding hydrogens is 384 g/mol. The molecule has 1 atom stereocenters. The smallest absolute Gasteiger partial charge is 0.161 e. The second-order valence-corrected chi connectivity index (χ2v) is 7.13. The Bertz CT molecular complexity index is 897. The molecule has 0 spiro atoms. The first-order valence-corrected chi connectivity index (χ1v) is 10.3. The van der Waals surface area contributed by atoms with Crippen molar-refractivity contribution >= 4 is 0 Å². The average molecular weight is 413 g/mol. The molecule has 5 heteroatoms. The number of rotatable bonds is 9. The molecule has 3 aromatic carbocycles. The van der Waals surface area contributed by atoms with Gasteiger partial charge in [0.15, 0.2) is 11.5 Å². The van der Waals surface area contributed by atoms with Crippen LogP contribution in [0.4, 0.5) is 8.78 Å². The monoisotopic (exact) mass is 412 g/mol. The van der Waals surface area contributed by atoms with Crippen LogP contribution in [0.5, 0.6) is 11.5 Å². The average Bonchev–Trinajstić information content (AvgIpc) is 2.75. The number of quaternary nitrogens is 1. The van der Waals surface area contributed by atoms with Crippen molar-refractivity contribution in [3.63, 3.8) is 0 Å². The molecule has 0 aliphatic heterocycles. The van der Waals surface area contributed by atoms with Crippen LogP contribution in [-0.2, 0) is 0 Å². The van der Waals surface area contributed by atoms with Gasteiger partial charge in [-0.05, 0) is 87.5 Å². The summed E-state index contributed by atoms with van der Waals surface area (Å²) in [5.41, 5.74) is 2.98. The van der Waals surface area contributed by atoms with E-state index in [1.54, 1.807) is 24.3 Å². The third-order valence-electron chi connectivity index (χ3n) is 5.03. The highest BCUT2D eigenvalue weighted by atomic mass is 19.1. The van der Waals surface area contributed by atoms with E-state index in [4.69, 9.17) is 9.47 Å². The fraction of sp³-hybridized carbons (Fsp3) is 0.280. The summed E-state index contributed by atoms with van der Waals surface area (Å²) in [6, 6.07) is 18.8. The van der Waals surface area contributed by atoms with E-state index in [0.29, 0.717) is 13.2 Å². The van der Waals surface area contributed by atoms with Gasteiger partial charge in [0.1, 0.15) is 23.7 Å². The minimum Gasteiger partial charge on any atom is -0.490 e. The molecule has 0 heterocycles. The normalized spacial score (nSPS) is 12.1. The van der Waals surface area contributed by atoms with Crippen molar-refractivity contribution in [2.24, 2.45) is 0 Å². The summed E-state index contributed by atoms with van der Waals surface area (Å²) >= 11 is 0. The zero-order chi connectivity index (χ0) is 21.5. The van der Waals surface area contributed by atoms with Gasteiger partial charge in [-0.3, -0.25) is 0 Å². The molecular formula is C25H28F2NO2+. The summed E-state index contributed by atoms with van der Waals surface area (Å²) in [4.78, 5) is 0. The fourth-order valence-corrected chi connectivity index (χ4v) is 3.51. The molecule has 0 fully saturated rings. The molecule has 3 nitrogen and oxygen atoms in total. The topological polar surface area (TPSA) is 35.1 Å². The Morgan fingerprint density at radius 1 is 0.700 bits per heavy atom. The van der Waals surface area contributed by atoms with Gasteiger partial charge in [0.25, 0.3) is 0 Å². The number of ether oxygens (including phenoxy) is 2. The Kier molecular flexibility index (Phi) is 7.41. The summed E-state index contributed by atoms with van der Waals surface area (Å²) in [5, 5.41) is 2.19. The molecule has 158 valence electrons. The highest BCUT2D eigenvalue weighted by molar-refractivity contribution is 5.43. The van der Waals surface area contributed by atoms with Crippen molar-refractivity contribution < 1.29 is 23.6 Å². The lowest BCUT2D eigenvalue weighted by Crippen LogP contribution is -2.85. The molecule has 0 bridgehead atoms. The zero-order valence-electron chi connectivity index (χ0n) is 17.6. The molecule has 3 aromatic rings. The minimum atomic E-state index is -0.280. The summed E-state index contributed by atoms with van der Waals surface area (Å²) in [5.74, 6) is 0.885. The number of benzene rings is 3. The molecule has 2 N–H and O–H groups in total. The van der Waals surface area contributed by atoms with Crippen LogP contribution in [0.1, 0.15) is 49.5 Å². The van der Waals surface area contributed by atoms with Crippen LogP contribution < -0.4 is 14.8 Å². The van der Waals surface area contributed by atoms with Crippen molar-refractivity contribution in [3.8, 4) is 11.5 Å². The van der Waals surface area contributed by atoms with E-state index in [2.05, 4.69) is 12.2 Å². The Hall–Kier alpha value is -2.92. The highest BCUT2D eigenvalue weighted by Crippen LogP contribution is 2.30. The molecule has 30 heavy (non-hydrogen) atoms. The van der Waals surface area contributed by atoms with Crippen LogP contribution in [0.15, 0.2) is 66.7 Å². The van der Waals surface area contributed by atoms with E-state index < -0.39 is 0 Å². The SMILES string of the molecule is CCOc1ccc([C@@H](C)[NH2+]C(c2ccc(F)cc2)c2ccc(F)cc2)cc1OCC. The van der Waals surface area contributed by atoms with Gasteiger partial charge in [0.2, 0.25) is 0 Å². The van der Waals surface area contributed by atoms with Gasteiger partial charge in [0.05, 0.1) is 13.2 Å². The lowest BCUT2D eigenvalue weighted by atomic mass is 9.96. The largest absolute Gasteiger partial charge is 0.490 e. The minimum absolute atomic E-state index is 0.0694. The molecule has 0 amide bonds. The van der Waals surface area contributed by atoms with Gasteiger partial charge in [-0.25, -0.2) is 8.78 Å². The van der Waals surface area contributed by atoms with Crippen LogP contribution >= 0.6 is 0 Å². The van der Waals surface area contributed by atoms with Crippen LogP contribution in [0.2, 0.25) is 0 Å². The predicted octanol–water partition coefficient (Wildman–Crippen LogP) is 5.18. The molecule has 0 aromatic heterocycles. The fourth-order valence-electron chi connectivity index (χ4n) is 3.51. The molecule has 0 saturated carbocycles. The third kappa shape index (κ3) is 5.36. The zero-order valence-corrected chi connectivity index (χ0v) is 17.6. The molecule has 0 aliphatic rings. The summed E-state index contributed by atoms with van der Waals surface area (Å²) < 4.78 is 38.3. The van der Waals surface area contributed by atoms with E-state index in [0.717, 1.165) is 28.2 Å². The lowest BCUT2D eigenvalue weighted by molar-refractivity contribution is -0.723. The molecule has 0 aliphatic carbocycles. The first-order valence-electron chi connectivity index (χ1n) is 10.3. The Balaban J connectivity index is 1.91.